The molecule has 94 valence electrons. The van der Waals surface area contributed by atoms with E-state index in [-0.39, 0.29) is 5.97 Å². The number of benzene rings is 1. The first kappa shape index (κ1) is 13.4. The maximum absolute atomic E-state index is 11.7. The highest BCUT2D eigenvalue weighted by Crippen LogP contribution is 2.22. The van der Waals surface area contributed by atoms with E-state index in [1.54, 1.807) is 20.8 Å². The van der Waals surface area contributed by atoms with Crippen molar-refractivity contribution in [3.8, 4) is 5.75 Å². The van der Waals surface area contributed by atoms with E-state index in [4.69, 9.17) is 9.47 Å². The lowest BCUT2D eigenvalue weighted by molar-refractivity contribution is -0.158. The van der Waals surface area contributed by atoms with Crippen molar-refractivity contribution in [3.63, 3.8) is 0 Å². The fourth-order valence-corrected chi connectivity index (χ4v) is 1.36. The summed E-state index contributed by atoms with van der Waals surface area (Å²) in [5.41, 5.74) is -0.0512. The summed E-state index contributed by atoms with van der Waals surface area (Å²) in [5.74, 6) is 0.268. The minimum Gasteiger partial charge on any atom is -0.476 e. The summed E-state index contributed by atoms with van der Waals surface area (Å²) in [5, 5.41) is 3.01. The molecule has 0 fully saturated rings. The molecular formula is C13H19NO3. The predicted molar refractivity (Wildman–Crippen MR) is 67.3 cm³/mol. The summed E-state index contributed by atoms with van der Waals surface area (Å²) < 4.78 is 10.6. The molecule has 0 heterocycles. The summed E-state index contributed by atoms with van der Waals surface area (Å²) >= 11 is 0. The maximum Gasteiger partial charge on any atom is 0.349 e. The quantitative estimate of drug-likeness (QED) is 0.799. The molecule has 1 aromatic carbocycles. The third-order valence-electron chi connectivity index (χ3n) is 2.26. The van der Waals surface area contributed by atoms with Gasteiger partial charge in [0, 0.05) is 18.8 Å². The molecule has 0 aliphatic carbocycles. The van der Waals surface area contributed by atoms with Gasteiger partial charge in [-0.25, -0.2) is 4.79 Å². The van der Waals surface area contributed by atoms with Crippen molar-refractivity contribution in [2.75, 3.05) is 19.0 Å². The molecule has 0 unspecified atom stereocenters. The van der Waals surface area contributed by atoms with Crippen molar-refractivity contribution in [3.05, 3.63) is 24.3 Å². The van der Waals surface area contributed by atoms with Gasteiger partial charge in [0.25, 0.3) is 0 Å². The van der Waals surface area contributed by atoms with Crippen LogP contribution in [0, 0.1) is 0 Å². The van der Waals surface area contributed by atoms with E-state index in [0.717, 1.165) is 5.69 Å². The van der Waals surface area contributed by atoms with Crippen molar-refractivity contribution in [2.45, 2.75) is 26.4 Å². The Hall–Kier alpha value is -1.71. The number of hydrogen-bond donors (Lipinski definition) is 1. The van der Waals surface area contributed by atoms with Crippen molar-refractivity contribution >= 4 is 11.7 Å². The molecule has 0 radical (unpaired) electrons. The lowest BCUT2D eigenvalue weighted by Crippen LogP contribution is -2.39. The van der Waals surface area contributed by atoms with E-state index >= 15 is 0 Å². The number of ether oxygens (including phenoxy) is 2. The number of rotatable bonds is 5. The largest absolute Gasteiger partial charge is 0.476 e. The fourth-order valence-electron chi connectivity index (χ4n) is 1.36. The molecule has 0 atom stereocenters. The summed E-state index contributed by atoms with van der Waals surface area (Å²) in [6.45, 7) is 5.51. The average molecular weight is 237 g/mol. The van der Waals surface area contributed by atoms with Crippen LogP contribution in [0.5, 0.6) is 5.75 Å². The minimum absolute atomic E-state index is 0.349. The van der Waals surface area contributed by atoms with E-state index in [2.05, 4.69) is 5.32 Å². The molecule has 1 N–H and O–H groups in total. The smallest absolute Gasteiger partial charge is 0.349 e. The van der Waals surface area contributed by atoms with Crippen LogP contribution in [0.15, 0.2) is 24.3 Å². The Balaban J connectivity index is 2.78. The molecule has 0 aliphatic rings. The van der Waals surface area contributed by atoms with Crippen LogP contribution < -0.4 is 10.1 Å². The molecule has 1 aromatic rings. The molecule has 0 spiro atoms. The Morgan fingerprint density at radius 1 is 1.41 bits per heavy atom. The summed E-state index contributed by atoms with van der Waals surface area (Å²) in [7, 11) is 1.83. The fraction of sp³-hybridized carbons (Fsp3) is 0.462. The van der Waals surface area contributed by atoms with Gasteiger partial charge in [-0.2, -0.15) is 0 Å². The van der Waals surface area contributed by atoms with Gasteiger partial charge in [0.2, 0.25) is 0 Å². The van der Waals surface area contributed by atoms with Gasteiger partial charge < -0.3 is 14.8 Å². The van der Waals surface area contributed by atoms with Crippen molar-refractivity contribution < 1.29 is 14.3 Å². The zero-order chi connectivity index (χ0) is 12.9. The Labute approximate surface area is 102 Å². The third kappa shape index (κ3) is 3.66. The Kier molecular flexibility index (Phi) is 4.37. The van der Waals surface area contributed by atoms with Gasteiger partial charge >= 0.3 is 5.97 Å². The Morgan fingerprint density at radius 3 is 2.71 bits per heavy atom. The van der Waals surface area contributed by atoms with Crippen LogP contribution in [-0.2, 0) is 9.53 Å². The molecule has 0 bridgehead atoms. The van der Waals surface area contributed by atoms with E-state index in [1.165, 1.54) is 0 Å². The highest BCUT2D eigenvalue weighted by atomic mass is 16.6. The number of carbonyl (C=O) groups excluding carboxylic acids is 1. The standard InChI is InChI=1S/C13H19NO3/c1-5-16-12(15)13(2,3)17-11-8-6-7-10(9-11)14-4/h6-9,14H,5H2,1-4H3. The van der Waals surface area contributed by atoms with Gasteiger partial charge in [-0.3, -0.25) is 0 Å². The first-order valence-electron chi connectivity index (χ1n) is 5.63. The summed E-state index contributed by atoms with van der Waals surface area (Å²) in [6, 6.07) is 7.43. The number of esters is 1. The number of nitrogens with one attached hydrogen (secondary N) is 1. The second-order valence-corrected chi connectivity index (χ2v) is 4.11. The van der Waals surface area contributed by atoms with Crippen LogP contribution in [0.25, 0.3) is 0 Å². The minimum atomic E-state index is -0.984. The number of hydrogen-bond acceptors (Lipinski definition) is 4. The summed E-state index contributed by atoms with van der Waals surface area (Å²) in [6.07, 6.45) is 0. The van der Waals surface area contributed by atoms with Crippen LogP contribution in [0.1, 0.15) is 20.8 Å². The van der Waals surface area contributed by atoms with Crippen LogP contribution in [0.2, 0.25) is 0 Å². The lowest BCUT2D eigenvalue weighted by Gasteiger charge is -2.24. The third-order valence-corrected chi connectivity index (χ3v) is 2.26. The van der Waals surface area contributed by atoms with Crippen molar-refractivity contribution in [1.82, 2.24) is 0 Å². The first-order valence-corrected chi connectivity index (χ1v) is 5.63. The summed E-state index contributed by atoms with van der Waals surface area (Å²) in [4.78, 5) is 11.7. The zero-order valence-corrected chi connectivity index (χ0v) is 10.7. The van der Waals surface area contributed by atoms with Crippen molar-refractivity contribution in [2.24, 2.45) is 0 Å². The molecule has 0 aliphatic heterocycles. The zero-order valence-electron chi connectivity index (χ0n) is 10.7. The van der Waals surface area contributed by atoms with Gasteiger partial charge in [0.05, 0.1) is 6.61 Å². The predicted octanol–water partition coefficient (Wildman–Crippen LogP) is 2.45. The molecule has 4 nitrogen and oxygen atoms in total. The molecular weight excluding hydrogens is 218 g/mol. The van der Waals surface area contributed by atoms with Gasteiger partial charge in [-0.1, -0.05) is 6.07 Å². The molecule has 4 heteroatoms. The van der Waals surface area contributed by atoms with Crippen LogP contribution in [0.4, 0.5) is 5.69 Å². The van der Waals surface area contributed by atoms with Gasteiger partial charge in [-0.05, 0) is 32.9 Å². The molecule has 17 heavy (non-hydrogen) atoms. The van der Waals surface area contributed by atoms with Crippen LogP contribution in [0.3, 0.4) is 0 Å². The lowest BCUT2D eigenvalue weighted by atomic mass is 10.1. The molecule has 1 rings (SSSR count). The molecule has 0 amide bonds. The molecule has 0 saturated carbocycles. The Bertz CT molecular complexity index is 388. The van der Waals surface area contributed by atoms with Crippen molar-refractivity contribution in [1.29, 1.82) is 0 Å². The normalized spacial score (nSPS) is 10.8. The first-order chi connectivity index (χ1) is 7.99. The van der Waals surface area contributed by atoms with Crippen LogP contribution >= 0.6 is 0 Å². The molecule has 0 saturated heterocycles. The highest BCUT2D eigenvalue weighted by molar-refractivity contribution is 5.79. The second-order valence-electron chi connectivity index (χ2n) is 4.11. The van der Waals surface area contributed by atoms with Gasteiger partial charge in [-0.15, -0.1) is 0 Å². The van der Waals surface area contributed by atoms with Gasteiger partial charge in [0.15, 0.2) is 5.60 Å². The van der Waals surface area contributed by atoms with Crippen LogP contribution in [-0.4, -0.2) is 25.2 Å². The van der Waals surface area contributed by atoms with E-state index in [9.17, 15) is 4.79 Å². The topological polar surface area (TPSA) is 47.6 Å². The second kappa shape index (κ2) is 5.57. The maximum atomic E-state index is 11.7. The Morgan fingerprint density at radius 2 is 2.12 bits per heavy atom. The van der Waals surface area contributed by atoms with Gasteiger partial charge in [0.1, 0.15) is 5.75 Å². The van der Waals surface area contributed by atoms with E-state index < -0.39 is 5.60 Å². The monoisotopic (exact) mass is 237 g/mol. The highest BCUT2D eigenvalue weighted by Gasteiger charge is 2.31. The van der Waals surface area contributed by atoms with E-state index in [0.29, 0.717) is 12.4 Å². The number of anilines is 1. The molecule has 0 aromatic heterocycles. The number of carbonyl (C=O) groups is 1. The SMILES string of the molecule is CCOC(=O)C(C)(C)Oc1cccc(NC)c1. The van der Waals surface area contributed by atoms with E-state index in [1.807, 2.05) is 31.3 Å². The average Bonchev–Trinajstić information content (AvgIpc) is 2.29.